The Morgan fingerprint density at radius 3 is 2.42 bits per heavy atom. The molecule has 132 valence electrons. The summed E-state index contributed by atoms with van der Waals surface area (Å²) < 4.78 is 29.4. The smallest absolute Gasteiger partial charge is 0.332 e. The molecule has 0 bridgehead atoms. The van der Waals surface area contributed by atoms with Gasteiger partial charge in [-0.1, -0.05) is 0 Å². The highest BCUT2D eigenvalue weighted by Gasteiger charge is 2.50. The third-order valence-electron chi connectivity index (χ3n) is 4.22. The summed E-state index contributed by atoms with van der Waals surface area (Å²) >= 11 is 0. The van der Waals surface area contributed by atoms with Crippen LogP contribution < -0.4 is 9.47 Å². The second kappa shape index (κ2) is 7.04. The molecular formula is C16H20FNO6. The van der Waals surface area contributed by atoms with Crippen LogP contribution in [0.1, 0.15) is 23.2 Å². The number of amides is 1. The van der Waals surface area contributed by atoms with Crippen molar-refractivity contribution >= 4 is 11.9 Å². The number of rotatable bonds is 6. The topological polar surface area (TPSA) is 85.3 Å². The average molecular weight is 341 g/mol. The second-order valence-electron chi connectivity index (χ2n) is 5.52. The molecule has 1 aromatic rings. The lowest BCUT2D eigenvalue weighted by atomic mass is 9.96. The predicted molar refractivity (Wildman–Crippen MR) is 82.0 cm³/mol. The SMILES string of the molecule is COCC1(C(=O)O)CCCN1C(=O)c1cc(OC)c(OC)cc1F. The molecule has 0 aromatic heterocycles. The van der Waals surface area contributed by atoms with Gasteiger partial charge < -0.3 is 24.2 Å². The quantitative estimate of drug-likeness (QED) is 0.845. The highest BCUT2D eigenvalue weighted by molar-refractivity contribution is 5.99. The first-order chi connectivity index (χ1) is 11.4. The van der Waals surface area contributed by atoms with Crippen LogP contribution in [0.4, 0.5) is 4.39 Å². The van der Waals surface area contributed by atoms with Gasteiger partial charge >= 0.3 is 5.97 Å². The number of hydrogen-bond donors (Lipinski definition) is 1. The number of likely N-dealkylation sites (tertiary alicyclic amines) is 1. The molecule has 1 aromatic carbocycles. The monoisotopic (exact) mass is 341 g/mol. The van der Waals surface area contributed by atoms with E-state index in [-0.39, 0.29) is 36.6 Å². The Morgan fingerprint density at radius 1 is 1.25 bits per heavy atom. The molecule has 0 radical (unpaired) electrons. The van der Waals surface area contributed by atoms with Crippen molar-refractivity contribution in [3.05, 3.63) is 23.5 Å². The van der Waals surface area contributed by atoms with Gasteiger partial charge in [0.15, 0.2) is 17.0 Å². The number of methoxy groups -OCH3 is 3. The molecule has 2 rings (SSSR count). The second-order valence-corrected chi connectivity index (χ2v) is 5.52. The van der Waals surface area contributed by atoms with Crippen LogP contribution in [0.3, 0.4) is 0 Å². The Kier molecular flexibility index (Phi) is 5.28. The van der Waals surface area contributed by atoms with Crippen molar-refractivity contribution < 1.29 is 33.3 Å². The number of nitrogens with zero attached hydrogens (tertiary/aromatic N) is 1. The summed E-state index contributed by atoms with van der Waals surface area (Å²) in [6.07, 6.45) is 0.743. The number of carboxylic acid groups (broad SMARTS) is 1. The van der Waals surface area contributed by atoms with Gasteiger partial charge in [0.2, 0.25) is 0 Å². The predicted octanol–water partition coefficient (Wildman–Crippen LogP) is 1.55. The number of aliphatic carboxylic acids is 1. The average Bonchev–Trinajstić information content (AvgIpc) is 2.99. The van der Waals surface area contributed by atoms with Crippen LogP contribution in [0, 0.1) is 5.82 Å². The van der Waals surface area contributed by atoms with Gasteiger partial charge in [-0.25, -0.2) is 9.18 Å². The molecule has 24 heavy (non-hydrogen) atoms. The summed E-state index contributed by atoms with van der Waals surface area (Å²) in [5.74, 6) is -2.36. The molecule has 1 heterocycles. The molecule has 8 heteroatoms. The van der Waals surface area contributed by atoms with E-state index in [4.69, 9.17) is 14.2 Å². The van der Waals surface area contributed by atoms with Gasteiger partial charge in [0, 0.05) is 19.7 Å². The highest BCUT2D eigenvalue weighted by Crippen LogP contribution is 2.35. The molecule has 1 fully saturated rings. The minimum Gasteiger partial charge on any atom is -0.493 e. The molecular weight excluding hydrogens is 321 g/mol. The summed E-state index contributed by atoms with van der Waals surface area (Å²) in [6.45, 7) is 0.0469. The lowest BCUT2D eigenvalue weighted by Crippen LogP contribution is -2.56. The van der Waals surface area contributed by atoms with Crippen molar-refractivity contribution in [2.24, 2.45) is 0 Å². The van der Waals surface area contributed by atoms with Crippen molar-refractivity contribution in [2.45, 2.75) is 18.4 Å². The van der Waals surface area contributed by atoms with E-state index in [2.05, 4.69) is 0 Å². The van der Waals surface area contributed by atoms with Gasteiger partial charge in [-0.2, -0.15) is 0 Å². The highest BCUT2D eigenvalue weighted by atomic mass is 19.1. The van der Waals surface area contributed by atoms with Crippen LogP contribution in [0.2, 0.25) is 0 Å². The van der Waals surface area contributed by atoms with Crippen molar-refractivity contribution in [3.63, 3.8) is 0 Å². The molecule has 1 aliphatic rings. The number of hydrogen-bond acceptors (Lipinski definition) is 5. The van der Waals surface area contributed by atoms with E-state index in [1.807, 2.05) is 0 Å². The van der Waals surface area contributed by atoms with Crippen molar-refractivity contribution in [2.75, 3.05) is 34.5 Å². The Morgan fingerprint density at radius 2 is 1.88 bits per heavy atom. The van der Waals surface area contributed by atoms with Gasteiger partial charge in [0.25, 0.3) is 5.91 Å². The molecule has 1 aliphatic heterocycles. The third-order valence-corrected chi connectivity index (χ3v) is 4.22. The molecule has 1 saturated heterocycles. The fraction of sp³-hybridized carbons (Fsp3) is 0.500. The van der Waals surface area contributed by atoms with Crippen LogP contribution >= 0.6 is 0 Å². The summed E-state index contributed by atoms with van der Waals surface area (Å²) in [5, 5.41) is 9.60. The van der Waals surface area contributed by atoms with Crippen molar-refractivity contribution in [3.8, 4) is 11.5 Å². The van der Waals surface area contributed by atoms with E-state index >= 15 is 0 Å². The maximum absolute atomic E-state index is 14.3. The van der Waals surface area contributed by atoms with Gasteiger partial charge in [0.1, 0.15) is 5.82 Å². The van der Waals surface area contributed by atoms with E-state index in [0.717, 1.165) is 11.0 Å². The fourth-order valence-corrected chi connectivity index (χ4v) is 3.01. The first-order valence-electron chi connectivity index (χ1n) is 7.37. The number of halogens is 1. The minimum absolute atomic E-state index is 0.148. The molecule has 1 unspecified atom stereocenters. The lowest BCUT2D eigenvalue weighted by molar-refractivity contribution is -0.151. The Hall–Kier alpha value is -2.35. The summed E-state index contributed by atoms with van der Waals surface area (Å²) in [4.78, 5) is 25.7. The lowest BCUT2D eigenvalue weighted by Gasteiger charge is -2.34. The Bertz CT molecular complexity index is 650. The zero-order valence-corrected chi connectivity index (χ0v) is 13.8. The van der Waals surface area contributed by atoms with Crippen LogP contribution in [-0.4, -0.2) is 61.9 Å². The number of carboxylic acids is 1. The number of ether oxygens (including phenoxy) is 3. The first-order valence-corrected chi connectivity index (χ1v) is 7.37. The van der Waals surface area contributed by atoms with Crippen LogP contribution in [0.15, 0.2) is 12.1 Å². The van der Waals surface area contributed by atoms with E-state index in [1.165, 1.54) is 27.4 Å². The number of benzene rings is 1. The third kappa shape index (κ3) is 2.89. The minimum atomic E-state index is -1.49. The van der Waals surface area contributed by atoms with Crippen LogP contribution in [0.25, 0.3) is 0 Å². The van der Waals surface area contributed by atoms with Crippen molar-refractivity contribution in [1.29, 1.82) is 0 Å². The number of carbonyl (C=O) groups excluding carboxylic acids is 1. The van der Waals surface area contributed by atoms with Crippen LogP contribution in [-0.2, 0) is 9.53 Å². The molecule has 7 nitrogen and oxygen atoms in total. The standard InChI is InChI=1S/C16H20FNO6/c1-22-9-16(15(20)21)5-4-6-18(16)14(19)10-7-12(23-2)13(24-3)8-11(10)17/h7-8H,4-6,9H2,1-3H3,(H,20,21). The van der Waals surface area contributed by atoms with E-state index in [0.29, 0.717) is 6.42 Å². The largest absolute Gasteiger partial charge is 0.493 e. The summed E-state index contributed by atoms with van der Waals surface area (Å²) in [5.41, 5.74) is -1.76. The van der Waals surface area contributed by atoms with Gasteiger partial charge in [-0.15, -0.1) is 0 Å². The van der Waals surface area contributed by atoms with Gasteiger partial charge in [-0.3, -0.25) is 4.79 Å². The normalized spacial score (nSPS) is 20.1. The first kappa shape index (κ1) is 18.0. The van der Waals surface area contributed by atoms with E-state index < -0.39 is 23.2 Å². The van der Waals surface area contributed by atoms with Gasteiger partial charge in [0.05, 0.1) is 26.4 Å². The Balaban J connectivity index is 2.46. The molecule has 1 amide bonds. The zero-order valence-electron chi connectivity index (χ0n) is 13.8. The Labute approximate surface area is 138 Å². The maximum Gasteiger partial charge on any atom is 0.332 e. The maximum atomic E-state index is 14.3. The van der Waals surface area contributed by atoms with E-state index in [9.17, 15) is 19.1 Å². The zero-order chi connectivity index (χ0) is 17.9. The molecule has 0 spiro atoms. The van der Waals surface area contributed by atoms with Crippen LogP contribution in [0.5, 0.6) is 11.5 Å². The van der Waals surface area contributed by atoms with Crippen molar-refractivity contribution in [1.82, 2.24) is 4.90 Å². The molecule has 0 saturated carbocycles. The van der Waals surface area contributed by atoms with E-state index in [1.54, 1.807) is 0 Å². The number of carbonyl (C=O) groups is 2. The van der Waals surface area contributed by atoms with Gasteiger partial charge in [-0.05, 0) is 18.9 Å². The summed E-state index contributed by atoms with van der Waals surface area (Å²) in [6, 6.07) is 2.26. The summed E-state index contributed by atoms with van der Waals surface area (Å²) in [7, 11) is 4.09. The molecule has 1 atom stereocenters. The molecule has 0 aliphatic carbocycles. The fourth-order valence-electron chi connectivity index (χ4n) is 3.01. The molecule has 1 N–H and O–H groups in total.